The van der Waals surface area contributed by atoms with Gasteiger partial charge in [0.2, 0.25) is 5.91 Å². The van der Waals surface area contributed by atoms with Crippen molar-refractivity contribution in [3.8, 4) is 0 Å². The van der Waals surface area contributed by atoms with Crippen molar-refractivity contribution >= 4 is 5.91 Å². The summed E-state index contributed by atoms with van der Waals surface area (Å²) in [6.45, 7) is 1.39. The Kier molecular flexibility index (Phi) is 3.01. The van der Waals surface area contributed by atoms with Gasteiger partial charge in [-0.1, -0.05) is 0 Å². The molecule has 1 saturated heterocycles. The Balaban J connectivity index is 1.83. The van der Waals surface area contributed by atoms with Gasteiger partial charge in [-0.2, -0.15) is 0 Å². The van der Waals surface area contributed by atoms with E-state index in [1.54, 1.807) is 11.1 Å². The Morgan fingerprint density at radius 3 is 3.13 bits per heavy atom. The molecule has 0 bridgehead atoms. The van der Waals surface area contributed by atoms with Crippen molar-refractivity contribution in [2.24, 2.45) is 5.92 Å². The maximum atomic E-state index is 11.5. The van der Waals surface area contributed by atoms with E-state index in [0.29, 0.717) is 25.9 Å². The van der Waals surface area contributed by atoms with E-state index in [1.165, 1.54) is 6.39 Å². The van der Waals surface area contributed by atoms with Crippen LogP contribution in [0.5, 0.6) is 0 Å². The molecule has 1 aliphatic heterocycles. The number of nitrogens with zero attached hydrogens (tertiary/aromatic N) is 2. The molecule has 1 amide bonds. The molecule has 1 atom stereocenters. The highest BCUT2D eigenvalue weighted by atomic mass is 16.3. The average Bonchev–Trinajstić information content (AvgIpc) is 2.84. The maximum absolute atomic E-state index is 11.5. The fourth-order valence-corrected chi connectivity index (χ4v) is 1.80. The molecular formula is C10H14N2O3. The molecule has 0 spiro atoms. The minimum absolute atomic E-state index is 0.0878. The summed E-state index contributed by atoms with van der Waals surface area (Å²) in [5, 5.41) is 8.95. The average molecular weight is 210 g/mol. The highest BCUT2D eigenvalue weighted by Crippen LogP contribution is 2.17. The Hall–Kier alpha value is -1.36. The first-order valence-electron chi connectivity index (χ1n) is 5.05. The highest BCUT2D eigenvalue weighted by molar-refractivity contribution is 5.78. The first-order chi connectivity index (χ1) is 7.29. The van der Waals surface area contributed by atoms with Crippen LogP contribution in [-0.4, -0.2) is 40.6 Å². The van der Waals surface area contributed by atoms with Crippen LogP contribution < -0.4 is 0 Å². The Labute approximate surface area is 87.7 Å². The fraction of sp³-hybridized carbons (Fsp3) is 0.600. The van der Waals surface area contributed by atoms with Crippen molar-refractivity contribution in [3.05, 3.63) is 18.4 Å². The molecule has 1 aliphatic rings. The molecule has 1 aromatic rings. The molecule has 15 heavy (non-hydrogen) atoms. The van der Waals surface area contributed by atoms with E-state index >= 15 is 0 Å². The van der Waals surface area contributed by atoms with Crippen molar-refractivity contribution in [1.29, 1.82) is 0 Å². The Morgan fingerprint density at radius 2 is 2.53 bits per heavy atom. The molecule has 2 rings (SSSR count). The van der Waals surface area contributed by atoms with Gasteiger partial charge in [0, 0.05) is 38.5 Å². The fourth-order valence-electron chi connectivity index (χ4n) is 1.80. The Bertz CT molecular complexity index is 323. The molecule has 0 saturated carbocycles. The molecule has 82 valence electrons. The van der Waals surface area contributed by atoms with Crippen LogP contribution in [0.1, 0.15) is 12.2 Å². The summed E-state index contributed by atoms with van der Waals surface area (Å²) in [6, 6.07) is 0. The summed E-state index contributed by atoms with van der Waals surface area (Å²) in [5.41, 5.74) is 0. The molecule has 5 heteroatoms. The molecule has 5 nitrogen and oxygen atoms in total. The Morgan fingerprint density at radius 1 is 1.67 bits per heavy atom. The second-order valence-corrected chi connectivity index (χ2v) is 3.81. The number of carbonyl (C=O) groups is 1. The van der Waals surface area contributed by atoms with Crippen LogP contribution in [0.3, 0.4) is 0 Å². The van der Waals surface area contributed by atoms with Gasteiger partial charge >= 0.3 is 0 Å². The molecular weight excluding hydrogens is 196 g/mol. The largest absolute Gasteiger partial charge is 0.448 e. The standard InChI is InChI=1S/C10H14N2O3/c13-6-8-3-10(14)12(5-8)2-1-9-4-11-7-15-9/h4,7-8,13H,1-3,5-6H2. The van der Waals surface area contributed by atoms with Crippen LogP contribution in [-0.2, 0) is 11.2 Å². The van der Waals surface area contributed by atoms with Gasteiger partial charge in [0.05, 0.1) is 6.20 Å². The van der Waals surface area contributed by atoms with Gasteiger partial charge in [-0.3, -0.25) is 4.79 Å². The lowest BCUT2D eigenvalue weighted by molar-refractivity contribution is -0.127. The number of amides is 1. The van der Waals surface area contributed by atoms with E-state index in [0.717, 1.165) is 5.76 Å². The summed E-state index contributed by atoms with van der Waals surface area (Å²) in [5.74, 6) is 1.01. The van der Waals surface area contributed by atoms with E-state index in [-0.39, 0.29) is 18.4 Å². The van der Waals surface area contributed by atoms with Crippen LogP contribution in [0.25, 0.3) is 0 Å². The van der Waals surface area contributed by atoms with E-state index in [1.807, 2.05) is 0 Å². The van der Waals surface area contributed by atoms with E-state index in [4.69, 9.17) is 9.52 Å². The van der Waals surface area contributed by atoms with Crippen molar-refractivity contribution < 1.29 is 14.3 Å². The number of hydrogen-bond donors (Lipinski definition) is 1. The minimum atomic E-state index is 0.0878. The zero-order chi connectivity index (χ0) is 10.7. The number of aliphatic hydroxyl groups excluding tert-OH is 1. The second kappa shape index (κ2) is 4.44. The van der Waals surface area contributed by atoms with Crippen LogP contribution in [0.4, 0.5) is 0 Å². The first-order valence-corrected chi connectivity index (χ1v) is 5.05. The number of oxazole rings is 1. The molecule has 0 aliphatic carbocycles. The zero-order valence-electron chi connectivity index (χ0n) is 8.43. The normalized spacial score (nSPS) is 21.3. The number of likely N-dealkylation sites (tertiary alicyclic amines) is 1. The lowest BCUT2D eigenvalue weighted by Gasteiger charge is -2.14. The van der Waals surface area contributed by atoms with Crippen LogP contribution in [0, 0.1) is 5.92 Å². The highest BCUT2D eigenvalue weighted by Gasteiger charge is 2.28. The van der Waals surface area contributed by atoms with Gasteiger partial charge in [-0.15, -0.1) is 0 Å². The van der Waals surface area contributed by atoms with E-state index in [9.17, 15) is 4.79 Å². The number of hydrogen-bond acceptors (Lipinski definition) is 4. The van der Waals surface area contributed by atoms with Gasteiger partial charge in [-0.05, 0) is 0 Å². The number of rotatable bonds is 4. The summed E-state index contributed by atoms with van der Waals surface area (Å²) in [4.78, 5) is 17.0. The lowest BCUT2D eigenvalue weighted by atomic mass is 10.1. The second-order valence-electron chi connectivity index (χ2n) is 3.81. The number of aliphatic hydroxyl groups is 1. The third-order valence-electron chi connectivity index (χ3n) is 2.66. The smallest absolute Gasteiger partial charge is 0.223 e. The summed E-state index contributed by atoms with van der Waals surface area (Å²) in [7, 11) is 0. The van der Waals surface area contributed by atoms with Gasteiger partial charge in [0.25, 0.3) is 0 Å². The van der Waals surface area contributed by atoms with Crippen molar-refractivity contribution in [1.82, 2.24) is 9.88 Å². The third-order valence-corrected chi connectivity index (χ3v) is 2.66. The van der Waals surface area contributed by atoms with E-state index < -0.39 is 0 Å². The van der Waals surface area contributed by atoms with Crippen molar-refractivity contribution in [2.75, 3.05) is 19.7 Å². The van der Waals surface area contributed by atoms with Gasteiger partial charge in [-0.25, -0.2) is 4.98 Å². The monoisotopic (exact) mass is 210 g/mol. The van der Waals surface area contributed by atoms with Crippen molar-refractivity contribution in [3.63, 3.8) is 0 Å². The van der Waals surface area contributed by atoms with E-state index in [2.05, 4.69) is 4.98 Å². The number of carbonyl (C=O) groups excluding carboxylic acids is 1. The molecule has 1 unspecified atom stereocenters. The topological polar surface area (TPSA) is 66.6 Å². The van der Waals surface area contributed by atoms with Gasteiger partial charge in [0.15, 0.2) is 6.39 Å². The first kappa shape index (κ1) is 10.2. The summed E-state index contributed by atoms with van der Waals surface area (Å²) in [6.07, 6.45) is 4.19. The predicted octanol–water partition coefficient (Wildman–Crippen LogP) is 0.0579. The molecule has 1 fully saturated rings. The predicted molar refractivity (Wildman–Crippen MR) is 52.0 cm³/mol. The minimum Gasteiger partial charge on any atom is -0.448 e. The van der Waals surface area contributed by atoms with Gasteiger partial charge in [0.1, 0.15) is 5.76 Å². The number of aromatic nitrogens is 1. The molecule has 2 heterocycles. The summed E-state index contributed by atoms with van der Waals surface area (Å²) >= 11 is 0. The molecule has 1 aromatic heterocycles. The molecule has 0 radical (unpaired) electrons. The SMILES string of the molecule is O=C1CC(CO)CN1CCc1cnco1. The van der Waals surface area contributed by atoms with Crippen molar-refractivity contribution in [2.45, 2.75) is 12.8 Å². The molecule has 1 N–H and O–H groups in total. The van der Waals surface area contributed by atoms with Crippen LogP contribution in [0.2, 0.25) is 0 Å². The maximum Gasteiger partial charge on any atom is 0.223 e. The molecule has 0 aromatic carbocycles. The summed E-state index contributed by atoms with van der Waals surface area (Å²) < 4.78 is 5.08. The third kappa shape index (κ3) is 2.36. The quantitative estimate of drug-likeness (QED) is 0.763. The van der Waals surface area contributed by atoms with Gasteiger partial charge < -0.3 is 14.4 Å². The zero-order valence-corrected chi connectivity index (χ0v) is 8.43. The lowest BCUT2D eigenvalue weighted by Crippen LogP contribution is -2.27. The van der Waals surface area contributed by atoms with Crippen LogP contribution in [0.15, 0.2) is 17.0 Å². The van der Waals surface area contributed by atoms with Crippen LogP contribution >= 0.6 is 0 Å².